The number of benzene rings is 1. The molecule has 11 nitrogen and oxygen atoms in total. The van der Waals surface area contributed by atoms with Gasteiger partial charge in [0.2, 0.25) is 17.7 Å². The van der Waals surface area contributed by atoms with Gasteiger partial charge in [0, 0.05) is 31.2 Å². The Morgan fingerprint density at radius 2 is 1.92 bits per heavy atom. The minimum Gasteiger partial charge on any atom is -0.405 e. The van der Waals surface area contributed by atoms with Crippen molar-refractivity contribution in [3.8, 4) is 5.75 Å². The lowest BCUT2D eigenvalue weighted by atomic mass is 9.84. The van der Waals surface area contributed by atoms with Crippen LogP contribution in [-0.4, -0.2) is 57.7 Å². The summed E-state index contributed by atoms with van der Waals surface area (Å²) in [6.45, 7) is 2.07. The number of ether oxygens (including phenoxy) is 1. The molecule has 2 heterocycles. The molecule has 14 heteroatoms. The number of aromatic nitrogens is 2. The summed E-state index contributed by atoms with van der Waals surface area (Å²) in [6.07, 6.45) is 1.82. The van der Waals surface area contributed by atoms with Gasteiger partial charge in [-0.1, -0.05) is 18.2 Å². The second kappa shape index (κ2) is 12.5. The van der Waals surface area contributed by atoms with Gasteiger partial charge in [-0.05, 0) is 57.1 Å². The summed E-state index contributed by atoms with van der Waals surface area (Å²) >= 11 is 0. The molecule has 2 aliphatic rings. The molecule has 39 heavy (non-hydrogen) atoms. The molecule has 1 aromatic heterocycles. The highest BCUT2D eigenvalue weighted by atomic mass is 19.4. The first-order valence-corrected chi connectivity index (χ1v) is 12.9. The van der Waals surface area contributed by atoms with Crippen molar-refractivity contribution in [3.63, 3.8) is 0 Å². The number of nitro groups is 1. The number of likely N-dealkylation sites (tertiary alicyclic amines) is 1. The first-order valence-electron chi connectivity index (χ1n) is 12.9. The predicted molar refractivity (Wildman–Crippen MR) is 137 cm³/mol. The van der Waals surface area contributed by atoms with E-state index in [0.29, 0.717) is 19.1 Å². The van der Waals surface area contributed by atoms with Crippen LogP contribution in [0.5, 0.6) is 5.75 Å². The normalized spacial score (nSPS) is 22.2. The average Bonchev–Trinajstić information content (AvgIpc) is 2.91. The maximum absolute atomic E-state index is 12.7. The highest BCUT2D eigenvalue weighted by Gasteiger charge is 2.33. The summed E-state index contributed by atoms with van der Waals surface area (Å²) < 4.78 is 42.2. The first-order chi connectivity index (χ1) is 18.6. The summed E-state index contributed by atoms with van der Waals surface area (Å²) in [7, 11) is 0. The van der Waals surface area contributed by atoms with E-state index in [1.807, 2.05) is 0 Å². The Balaban J connectivity index is 1.33. The van der Waals surface area contributed by atoms with Gasteiger partial charge < -0.3 is 21.1 Å². The molecule has 1 aromatic carbocycles. The van der Waals surface area contributed by atoms with Crippen LogP contribution in [0.15, 0.2) is 30.5 Å². The van der Waals surface area contributed by atoms with Gasteiger partial charge >= 0.3 is 12.0 Å². The van der Waals surface area contributed by atoms with Crippen molar-refractivity contribution >= 4 is 23.4 Å². The number of primary amides is 1. The molecule has 0 spiro atoms. The number of hydrogen-bond donors (Lipinski definition) is 3. The molecule has 212 valence electrons. The van der Waals surface area contributed by atoms with E-state index < -0.39 is 11.3 Å². The van der Waals surface area contributed by atoms with Crippen LogP contribution in [0, 0.1) is 22.0 Å². The lowest BCUT2D eigenvalue weighted by molar-refractivity contribution is -0.384. The van der Waals surface area contributed by atoms with Crippen LogP contribution >= 0.6 is 0 Å². The molecule has 1 amide bonds. The third kappa shape index (κ3) is 7.91. The predicted octanol–water partition coefficient (Wildman–Crippen LogP) is 4.06. The van der Waals surface area contributed by atoms with Gasteiger partial charge in [-0.2, -0.15) is 4.98 Å². The SMILES string of the molecule is NC(=O)C1CCCN(C2CCC(CNc3nc(NCc4ccccc4OC(F)(F)F)ncc3[N+](=O)[O-])CC2)C1. The number of carbonyl (C=O) groups excluding carboxylic acids is 1. The molecule has 1 unspecified atom stereocenters. The Labute approximate surface area is 223 Å². The summed E-state index contributed by atoms with van der Waals surface area (Å²) in [5, 5.41) is 17.4. The standard InChI is InChI=1S/C25H32F3N7O4/c26-25(27,28)39-21-6-2-1-4-17(21)13-31-24-32-14-20(35(37)38)23(33-24)30-12-16-7-9-19(10-8-16)34-11-3-5-18(15-34)22(29)36/h1-2,4,6,14,16,18-19H,3,5,7-13,15H2,(H2,29,36)(H2,30,31,32,33). The van der Waals surface area contributed by atoms with Crippen molar-refractivity contribution in [1.29, 1.82) is 0 Å². The molecule has 4 rings (SSSR count). The average molecular weight is 552 g/mol. The van der Waals surface area contributed by atoms with Crippen LogP contribution in [0.3, 0.4) is 0 Å². The summed E-state index contributed by atoms with van der Waals surface area (Å²) in [6, 6.07) is 6.06. The molecule has 0 radical (unpaired) electrons. The Bertz CT molecular complexity index is 1160. The third-order valence-corrected chi connectivity index (χ3v) is 7.35. The Hall–Kier alpha value is -3.68. The molecule has 1 saturated carbocycles. The Morgan fingerprint density at radius 1 is 1.18 bits per heavy atom. The number of amides is 1. The second-order valence-corrected chi connectivity index (χ2v) is 9.99. The zero-order valence-electron chi connectivity index (χ0n) is 21.3. The molecule has 1 saturated heterocycles. The van der Waals surface area contributed by atoms with Crippen molar-refractivity contribution in [3.05, 3.63) is 46.1 Å². The Kier molecular flexibility index (Phi) is 9.04. The quantitative estimate of drug-likeness (QED) is 0.294. The number of nitrogens with two attached hydrogens (primary N) is 1. The zero-order chi connectivity index (χ0) is 28.0. The van der Waals surface area contributed by atoms with Gasteiger partial charge in [0.05, 0.1) is 10.8 Å². The number of rotatable bonds is 10. The van der Waals surface area contributed by atoms with Gasteiger partial charge in [-0.25, -0.2) is 4.98 Å². The molecular formula is C25H32F3N7O4. The van der Waals surface area contributed by atoms with E-state index in [-0.39, 0.29) is 53.1 Å². The molecule has 1 aliphatic heterocycles. The second-order valence-electron chi connectivity index (χ2n) is 9.99. The van der Waals surface area contributed by atoms with Crippen molar-refractivity contribution in [1.82, 2.24) is 14.9 Å². The topological polar surface area (TPSA) is 149 Å². The van der Waals surface area contributed by atoms with Gasteiger partial charge in [-0.3, -0.25) is 19.8 Å². The van der Waals surface area contributed by atoms with E-state index in [4.69, 9.17) is 5.73 Å². The molecule has 2 aromatic rings. The van der Waals surface area contributed by atoms with Gasteiger partial charge in [-0.15, -0.1) is 13.2 Å². The van der Waals surface area contributed by atoms with Crippen LogP contribution in [0.25, 0.3) is 0 Å². The van der Waals surface area contributed by atoms with Gasteiger partial charge in [0.25, 0.3) is 0 Å². The molecular weight excluding hydrogens is 519 g/mol. The highest BCUT2D eigenvalue weighted by molar-refractivity contribution is 5.76. The van der Waals surface area contributed by atoms with Crippen LogP contribution < -0.4 is 21.1 Å². The molecule has 0 bridgehead atoms. The number of nitrogens with zero attached hydrogens (tertiary/aromatic N) is 4. The van der Waals surface area contributed by atoms with E-state index in [1.165, 1.54) is 18.2 Å². The third-order valence-electron chi connectivity index (χ3n) is 7.35. The van der Waals surface area contributed by atoms with Gasteiger partial charge in [0.1, 0.15) is 11.9 Å². The maximum Gasteiger partial charge on any atom is 0.573 e. The fraction of sp³-hybridized carbons (Fsp3) is 0.560. The number of para-hydroxylation sites is 1. The van der Waals surface area contributed by atoms with Crippen LogP contribution in [0.1, 0.15) is 44.1 Å². The number of anilines is 2. The number of hydrogen-bond acceptors (Lipinski definition) is 9. The Morgan fingerprint density at radius 3 is 2.62 bits per heavy atom. The maximum atomic E-state index is 12.7. The fourth-order valence-electron chi connectivity index (χ4n) is 5.30. The van der Waals surface area contributed by atoms with E-state index in [0.717, 1.165) is 51.3 Å². The van der Waals surface area contributed by atoms with Crippen LogP contribution in [0.2, 0.25) is 0 Å². The number of halogens is 3. The number of carbonyl (C=O) groups is 1. The smallest absolute Gasteiger partial charge is 0.405 e. The minimum atomic E-state index is -4.84. The van der Waals surface area contributed by atoms with E-state index in [2.05, 4.69) is 30.2 Å². The van der Waals surface area contributed by atoms with Gasteiger partial charge in [0.15, 0.2) is 0 Å². The summed E-state index contributed by atoms with van der Waals surface area (Å²) in [5.41, 5.74) is 5.44. The van der Waals surface area contributed by atoms with E-state index >= 15 is 0 Å². The van der Waals surface area contributed by atoms with Crippen molar-refractivity contribution in [2.75, 3.05) is 30.3 Å². The molecule has 4 N–H and O–H groups in total. The number of alkyl halides is 3. The first kappa shape index (κ1) is 28.3. The van der Waals surface area contributed by atoms with E-state index in [9.17, 15) is 28.1 Å². The number of nitrogens with one attached hydrogen (secondary N) is 2. The summed E-state index contributed by atoms with van der Waals surface area (Å²) in [4.78, 5) is 33.1. The van der Waals surface area contributed by atoms with Crippen molar-refractivity contribution in [2.45, 2.75) is 57.5 Å². The molecule has 1 aliphatic carbocycles. The zero-order valence-corrected chi connectivity index (χ0v) is 21.3. The number of piperidine rings is 1. The molecule has 2 fully saturated rings. The largest absolute Gasteiger partial charge is 0.573 e. The highest BCUT2D eigenvalue weighted by Crippen LogP contribution is 2.32. The monoisotopic (exact) mass is 551 g/mol. The lowest BCUT2D eigenvalue weighted by Crippen LogP contribution is -2.47. The van der Waals surface area contributed by atoms with Crippen LogP contribution in [0.4, 0.5) is 30.6 Å². The van der Waals surface area contributed by atoms with E-state index in [1.54, 1.807) is 6.07 Å². The fourth-order valence-corrected chi connectivity index (χ4v) is 5.30. The van der Waals surface area contributed by atoms with Crippen molar-refractivity contribution < 1.29 is 27.6 Å². The van der Waals surface area contributed by atoms with Crippen molar-refractivity contribution in [2.24, 2.45) is 17.6 Å². The summed E-state index contributed by atoms with van der Waals surface area (Å²) in [5.74, 6) is -0.331. The lowest BCUT2D eigenvalue weighted by Gasteiger charge is -2.40. The van der Waals surface area contributed by atoms with Crippen LogP contribution in [-0.2, 0) is 11.3 Å². The molecule has 1 atom stereocenters. The minimum absolute atomic E-state index is 0.0303.